The summed E-state index contributed by atoms with van der Waals surface area (Å²) in [6, 6.07) is 0. The first-order valence-electron chi connectivity index (χ1n) is 6.50. The summed E-state index contributed by atoms with van der Waals surface area (Å²) in [5, 5.41) is 0. The monoisotopic (exact) mass is 228 g/mol. The van der Waals surface area contributed by atoms with Gasteiger partial charge in [-0.1, -0.05) is 57.8 Å². The van der Waals surface area contributed by atoms with Gasteiger partial charge in [0.2, 0.25) is 0 Å². The van der Waals surface area contributed by atoms with Crippen LogP contribution in [0.3, 0.4) is 0 Å². The van der Waals surface area contributed by atoms with Gasteiger partial charge in [0.1, 0.15) is 0 Å². The molecule has 3 rings (SSSR count). The van der Waals surface area contributed by atoms with Crippen molar-refractivity contribution < 1.29 is 0 Å². The third kappa shape index (κ3) is 1.24. The van der Waals surface area contributed by atoms with Crippen LogP contribution in [0.1, 0.15) is 57.8 Å². The maximum atomic E-state index is 7.18. The van der Waals surface area contributed by atoms with Crippen molar-refractivity contribution in [2.45, 2.75) is 74.4 Å². The van der Waals surface area contributed by atoms with Gasteiger partial charge in [-0.05, 0) is 16.6 Å². The quantitative estimate of drug-likeness (QED) is 0.479. The highest BCUT2D eigenvalue weighted by Crippen LogP contribution is 2.63. The fourth-order valence-corrected chi connectivity index (χ4v) is 11.4. The lowest BCUT2D eigenvalue weighted by Crippen LogP contribution is -2.50. The Balaban J connectivity index is 1.76. The molecule has 0 spiro atoms. The average molecular weight is 229 g/mol. The molecular formula is C12H21ClSi. The van der Waals surface area contributed by atoms with E-state index in [0.29, 0.717) is 0 Å². The fourth-order valence-electron chi connectivity index (χ4n) is 3.55. The molecule has 0 heterocycles. The first-order valence-corrected chi connectivity index (χ1v) is 9.75. The molecule has 0 aromatic carbocycles. The van der Waals surface area contributed by atoms with Gasteiger partial charge in [0.05, 0.1) is 0 Å². The Labute approximate surface area is 93.1 Å². The molecule has 0 nitrogen and oxygen atoms in total. The van der Waals surface area contributed by atoms with Crippen molar-refractivity contribution in [3.05, 3.63) is 0 Å². The zero-order chi connectivity index (χ0) is 9.60. The summed E-state index contributed by atoms with van der Waals surface area (Å²) in [4.78, 5) is 0. The van der Waals surface area contributed by atoms with Crippen LogP contribution < -0.4 is 0 Å². The van der Waals surface area contributed by atoms with Crippen molar-refractivity contribution in [3.8, 4) is 0 Å². The molecule has 0 radical (unpaired) electrons. The fraction of sp³-hybridized carbons (Fsp3) is 1.00. The first-order chi connectivity index (χ1) is 6.82. The minimum Gasteiger partial charge on any atom is -0.166 e. The van der Waals surface area contributed by atoms with Crippen LogP contribution in [0.2, 0.25) is 16.6 Å². The van der Waals surface area contributed by atoms with Crippen LogP contribution in [0.15, 0.2) is 0 Å². The van der Waals surface area contributed by atoms with Gasteiger partial charge in [-0.15, -0.1) is 0 Å². The topological polar surface area (TPSA) is 0 Å². The SMILES string of the molecule is Cl[Si](C1CCC1)(C1CCC1)C1CCC1. The van der Waals surface area contributed by atoms with E-state index in [1.54, 1.807) is 0 Å². The lowest BCUT2D eigenvalue weighted by atomic mass is 9.97. The molecule has 14 heavy (non-hydrogen) atoms. The number of halogens is 1. The zero-order valence-electron chi connectivity index (χ0n) is 8.97. The van der Waals surface area contributed by atoms with Gasteiger partial charge in [-0.2, -0.15) is 11.1 Å². The Morgan fingerprint density at radius 2 is 0.929 bits per heavy atom. The molecule has 80 valence electrons. The number of hydrogen-bond acceptors (Lipinski definition) is 0. The number of rotatable bonds is 3. The number of hydrogen-bond donors (Lipinski definition) is 0. The molecule has 3 aliphatic rings. The van der Waals surface area contributed by atoms with E-state index < -0.39 is 7.38 Å². The van der Waals surface area contributed by atoms with Crippen LogP contribution in [0, 0.1) is 0 Å². The van der Waals surface area contributed by atoms with Gasteiger partial charge in [0, 0.05) is 0 Å². The summed E-state index contributed by atoms with van der Waals surface area (Å²) in [6.07, 6.45) is 13.4. The minimum atomic E-state index is -1.33. The molecule has 0 aliphatic heterocycles. The van der Waals surface area contributed by atoms with Crippen molar-refractivity contribution >= 4 is 18.5 Å². The largest absolute Gasteiger partial charge is 0.166 e. The maximum absolute atomic E-state index is 7.18. The molecule has 0 aromatic heterocycles. The summed E-state index contributed by atoms with van der Waals surface area (Å²) < 4.78 is 0. The predicted octanol–water partition coefficient (Wildman–Crippen LogP) is 4.83. The molecule has 3 aliphatic carbocycles. The standard InChI is InChI=1S/C12H21ClSi/c13-14(10-4-1-5-10,11-6-2-7-11)12-8-3-9-12/h10-12H,1-9H2. The molecule has 0 aromatic rings. The Morgan fingerprint density at radius 3 is 1.07 bits per heavy atom. The smallest absolute Gasteiger partial charge is 0.165 e. The second-order valence-corrected chi connectivity index (χ2v) is 11.8. The van der Waals surface area contributed by atoms with Gasteiger partial charge < -0.3 is 0 Å². The van der Waals surface area contributed by atoms with Crippen molar-refractivity contribution in [2.75, 3.05) is 0 Å². The van der Waals surface area contributed by atoms with Gasteiger partial charge >= 0.3 is 0 Å². The van der Waals surface area contributed by atoms with E-state index in [0.717, 1.165) is 16.6 Å². The highest BCUT2D eigenvalue weighted by Gasteiger charge is 2.56. The van der Waals surface area contributed by atoms with Crippen molar-refractivity contribution in [2.24, 2.45) is 0 Å². The maximum Gasteiger partial charge on any atom is 0.165 e. The second kappa shape index (κ2) is 3.52. The predicted molar refractivity (Wildman–Crippen MR) is 64.4 cm³/mol. The average Bonchev–Trinajstić information content (AvgIpc) is 1.69. The lowest BCUT2D eigenvalue weighted by Gasteiger charge is -2.54. The van der Waals surface area contributed by atoms with Crippen LogP contribution in [0.25, 0.3) is 0 Å². The Bertz CT molecular complexity index is 180. The van der Waals surface area contributed by atoms with E-state index in [2.05, 4.69) is 0 Å². The first kappa shape index (κ1) is 9.71. The van der Waals surface area contributed by atoms with Crippen LogP contribution in [-0.2, 0) is 0 Å². The second-order valence-electron chi connectivity index (χ2n) is 5.71. The lowest BCUT2D eigenvalue weighted by molar-refractivity contribution is 0.394. The third-order valence-corrected chi connectivity index (χ3v) is 13.5. The van der Waals surface area contributed by atoms with Crippen molar-refractivity contribution in [3.63, 3.8) is 0 Å². The summed E-state index contributed by atoms with van der Waals surface area (Å²) >= 11 is 7.18. The zero-order valence-corrected chi connectivity index (χ0v) is 10.7. The molecule has 0 amide bonds. The third-order valence-electron chi connectivity index (χ3n) is 5.19. The van der Waals surface area contributed by atoms with Gasteiger partial charge in [0.25, 0.3) is 0 Å². The molecule has 0 N–H and O–H groups in total. The molecule has 3 saturated carbocycles. The Hall–Kier alpha value is 0.507. The highest BCUT2D eigenvalue weighted by atomic mass is 35.6. The molecule has 0 saturated heterocycles. The summed E-state index contributed by atoms with van der Waals surface area (Å²) in [6.45, 7) is 0. The van der Waals surface area contributed by atoms with E-state index in [9.17, 15) is 0 Å². The van der Waals surface area contributed by atoms with Crippen LogP contribution in [0.4, 0.5) is 0 Å². The van der Waals surface area contributed by atoms with Gasteiger partial charge in [-0.25, -0.2) is 0 Å². The minimum absolute atomic E-state index is 1.03. The molecule has 2 heteroatoms. The van der Waals surface area contributed by atoms with E-state index in [1.807, 2.05) is 0 Å². The van der Waals surface area contributed by atoms with E-state index in [-0.39, 0.29) is 0 Å². The molecule has 0 unspecified atom stereocenters. The summed E-state index contributed by atoms with van der Waals surface area (Å²) in [5.74, 6) is 0. The van der Waals surface area contributed by atoms with E-state index in [1.165, 1.54) is 57.8 Å². The van der Waals surface area contributed by atoms with Gasteiger partial charge in [-0.3, -0.25) is 0 Å². The highest BCUT2D eigenvalue weighted by molar-refractivity contribution is 7.22. The Morgan fingerprint density at radius 1 is 0.643 bits per heavy atom. The van der Waals surface area contributed by atoms with Crippen molar-refractivity contribution in [1.29, 1.82) is 0 Å². The van der Waals surface area contributed by atoms with Crippen molar-refractivity contribution in [1.82, 2.24) is 0 Å². The normalized spacial score (nSPS) is 30.6. The van der Waals surface area contributed by atoms with Gasteiger partial charge in [0.15, 0.2) is 7.38 Å². The molecule has 3 fully saturated rings. The summed E-state index contributed by atoms with van der Waals surface area (Å²) in [5.41, 5.74) is 3.08. The van der Waals surface area contributed by atoms with E-state index >= 15 is 0 Å². The van der Waals surface area contributed by atoms with Crippen LogP contribution in [-0.4, -0.2) is 7.38 Å². The van der Waals surface area contributed by atoms with Crippen LogP contribution in [0.5, 0.6) is 0 Å². The van der Waals surface area contributed by atoms with E-state index in [4.69, 9.17) is 11.1 Å². The Kier molecular flexibility index (Phi) is 2.44. The van der Waals surface area contributed by atoms with Crippen LogP contribution >= 0.6 is 11.1 Å². The molecule has 0 atom stereocenters. The molecule has 0 bridgehead atoms. The summed E-state index contributed by atoms with van der Waals surface area (Å²) in [7, 11) is -1.33. The molecular weight excluding hydrogens is 208 g/mol.